The van der Waals surface area contributed by atoms with Crippen LogP contribution in [0.3, 0.4) is 0 Å². The highest BCUT2D eigenvalue weighted by Gasteiger charge is 1.83. The maximum atomic E-state index is 8.74. The van der Waals surface area contributed by atoms with E-state index in [1.54, 1.807) is 4.90 Å². The molecular weight excluding hydrogens is 193 g/mol. The van der Waals surface area contributed by atoms with Crippen LogP contribution in [0.25, 0.3) is 0 Å². The predicted octanol–water partition coefficient (Wildman–Crippen LogP) is 0.123. The van der Waals surface area contributed by atoms with Crippen molar-refractivity contribution in [1.82, 2.24) is 4.90 Å². The molecule has 0 aromatic rings. The first-order chi connectivity index (χ1) is 4.37. The third-order valence-corrected chi connectivity index (χ3v) is 1.15. The van der Waals surface area contributed by atoms with Crippen LogP contribution in [0.15, 0.2) is 0 Å². The smallest absolute Gasteiger partial charge is 0.314 e. The molecule has 0 bridgehead atoms. The molecule has 0 heterocycles. The first-order valence-corrected chi connectivity index (χ1v) is 4.36. The van der Waals surface area contributed by atoms with Gasteiger partial charge in [0, 0.05) is 14.1 Å². The van der Waals surface area contributed by atoms with Gasteiger partial charge in [-0.1, -0.05) is 12.2 Å². The van der Waals surface area contributed by atoms with Crippen molar-refractivity contribution in [2.45, 2.75) is 0 Å². The molecule has 10 heavy (non-hydrogen) atoms. The fraction of sp³-hybridized carbons (Fsp3) is 0.667. The topological polar surface area (TPSA) is 60.8 Å². The van der Waals surface area contributed by atoms with Crippen LogP contribution >= 0.6 is 33.1 Å². The van der Waals surface area contributed by atoms with Gasteiger partial charge in [0.2, 0.25) is 0 Å². The van der Waals surface area contributed by atoms with Gasteiger partial charge in [0.05, 0.1) is 0 Å². The van der Waals surface area contributed by atoms with Gasteiger partial charge in [-0.3, -0.25) is 4.57 Å². The number of thiocarbonyl (C=S) groups is 1. The Hall–Kier alpha value is 0.390. The molecule has 0 saturated heterocycles. The zero-order valence-electron chi connectivity index (χ0n) is 5.61. The summed E-state index contributed by atoms with van der Waals surface area (Å²) in [5, 5.41) is 0. The Kier molecular flexibility index (Phi) is 9.76. The normalized spacial score (nSPS) is 8.20. The van der Waals surface area contributed by atoms with E-state index in [0.29, 0.717) is 4.32 Å². The van der Waals surface area contributed by atoms with Gasteiger partial charge in [-0.2, -0.15) is 0 Å². The second kappa shape index (κ2) is 7.50. The van der Waals surface area contributed by atoms with E-state index in [4.69, 9.17) is 14.4 Å². The minimum absolute atomic E-state index is 0.620. The van der Waals surface area contributed by atoms with E-state index in [1.165, 1.54) is 0 Å². The van der Waals surface area contributed by atoms with Gasteiger partial charge >= 0.3 is 8.25 Å². The average Bonchev–Trinajstić information content (AvgIpc) is 1.63. The van der Waals surface area contributed by atoms with Crippen LogP contribution in [0.4, 0.5) is 0 Å². The maximum absolute atomic E-state index is 8.74. The largest absolute Gasteiger partial charge is 0.364 e. The van der Waals surface area contributed by atoms with Gasteiger partial charge in [0.1, 0.15) is 4.32 Å². The lowest BCUT2D eigenvalue weighted by molar-refractivity contribution is 0.405. The lowest BCUT2D eigenvalue weighted by Crippen LogP contribution is -2.12. The molecule has 0 rings (SSSR count). The summed E-state index contributed by atoms with van der Waals surface area (Å²) in [4.78, 5) is 16.1. The Morgan fingerprint density at radius 3 is 1.70 bits per heavy atom. The van der Waals surface area contributed by atoms with E-state index in [2.05, 4.69) is 24.8 Å². The maximum Gasteiger partial charge on any atom is 0.314 e. The molecule has 7 heteroatoms. The summed E-state index contributed by atoms with van der Waals surface area (Å²) in [6.07, 6.45) is 0. The Labute approximate surface area is 71.2 Å². The van der Waals surface area contributed by atoms with Crippen LogP contribution < -0.4 is 0 Å². The molecule has 0 aliphatic heterocycles. The summed E-state index contributed by atoms with van der Waals surface area (Å²) < 4.78 is 9.36. The van der Waals surface area contributed by atoms with Crippen molar-refractivity contribution in [2.24, 2.45) is 0 Å². The van der Waals surface area contributed by atoms with Crippen LogP contribution in [0.2, 0.25) is 0 Å². The van der Waals surface area contributed by atoms with Gasteiger partial charge in [0.25, 0.3) is 0 Å². The molecular formula is C3H10NO3PS2. The van der Waals surface area contributed by atoms with Crippen molar-refractivity contribution in [3.63, 3.8) is 0 Å². The van der Waals surface area contributed by atoms with E-state index < -0.39 is 8.25 Å². The second-order valence-corrected chi connectivity index (χ2v) is 3.14. The molecule has 0 aliphatic carbocycles. The Morgan fingerprint density at radius 1 is 1.60 bits per heavy atom. The van der Waals surface area contributed by atoms with Crippen molar-refractivity contribution in [1.29, 1.82) is 0 Å². The highest BCUT2D eigenvalue weighted by Crippen LogP contribution is 1.98. The highest BCUT2D eigenvalue weighted by molar-refractivity contribution is 8.10. The minimum Gasteiger partial charge on any atom is -0.364 e. The minimum atomic E-state index is -3.13. The van der Waals surface area contributed by atoms with Gasteiger partial charge in [-0.25, -0.2) is 0 Å². The summed E-state index contributed by atoms with van der Waals surface area (Å²) in [7, 11) is 0.583. The molecule has 0 unspecified atom stereocenters. The van der Waals surface area contributed by atoms with E-state index in [0.717, 1.165) is 0 Å². The second-order valence-electron chi connectivity index (χ2n) is 1.46. The molecule has 0 saturated carbocycles. The van der Waals surface area contributed by atoms with Crippen molar-refractivity contribution < 1.29 is 14.4 Å². The standard InChI is InChI=1S/C3H7NS2.H3O3P/c1-4(2)3(5)6;1-4(2)3/h1-2H3,(H,5,6);4H,(H2,1,2,3). The number of hydrogen-bond acceptors (Lipinski definition) is 2. The van der Waals surface area contributed by atoms with Gasteiger partial charge in [0.15, 0.2) is 0 Å². The van der Waals surface area contributed by atoms with E-state index >= 15 is 0 Å². The molecule has 62 valence electrons. The lowest BCUT2D eigenvalue weighted by Gasteiger charge is -2.05. The summed E-state index contributed by atoms with van der Waals surface area (Å²) in [5.74, 6) is 0. The van der Waals surface area contributed by atoms with E-state index in [1.807, 2.05) is 14.1 Å². The predicted molar refractivity (Wildman–Crippen MR) is 48.7 cm³/mol. The van der Waals surface area contributed by atoms with Gasteiger partial charge in [-0.15, -0.1) is 12.6 Å². The fourth-order valence-electron chi connectivity index (χ4n) is 0. The van der Waals surface area contributed by atoms with Crippen molar-refractivity contribution >= 4 is 37.4 Å². The van der Waals surface area contributed by atoms with Crippen LogP contribution in [0, 0.1) is 0 Å². The first-order valence-electron chi connectivity index (χ1n) is 2.20. The summed E-state index contributed by atoms with van der Waals surface area (Å²) in [6, 6.07) is 0. The van der Waals surface area contributed by atoms with E-state index in [-0.39, 0.29) is 0 Å². The van der Waals surface area contributed by atoms with E-state index in [9.17, 15) is 0 Å². The van der Waals surface area contributed by atoms with Gasteiger partial charge < -0.3 is 14.7 Å². The fourth-order valence-corrected chi connectivity index (χ4v) is 0. The van der Waals surface area contributed by atoms with Crippen LogP contribution in [0.1, 0.15) is 0 Å². The third kappa shape index (κ3) is 23.8. The zero-order chi connectivity index (χ0) is 8.73. The third-order valence-electron chi connectivity index (χ3n) is 0.383. The monoisotopic (exact) mass is 203 g/mol. The summed E-state index contributed by atoms with van der Waals surface area (Å²) >= 11 is 8.46. The van der Waals surface area contributed by atoms with Crippen LogP contribution in [-0.2, 0) is 4.57 Å². The molecule has 0 radical (unpaired) electrons. The Balaban J connectivity index is 0. The van der Waals surface area contributed by atoms with Crippen molar-refractivity contribution in [2.75, 3.05) is 14.1 Å². The number of hydrogen-bond donors (Lipinski definition) is 3. The van der Waals surface area contributed by atoms with Crippen molar-refractivity contribution in [3.8, 4) is 0 Å². The molecule has 0 amide bonds. The molecule has 0 atom stereocenters. The van der Waals surface area contributed by atoms with Crippen LogP contribution in [0.5, 0.6) is 0 Å². The molecule has 0 aromatic carbocycles. The Bertz CT molecular complexity index is 125. The molecule has 0 fully saturated rings. The van der Waals surface area contributed by atoms with Crippen LogP contribution in [-0.4, -0.2) is 33.1 Å². The summed E-state index contributed by atoms with van der Waals surface area (Å²) in [5.41, 5.74) is 0. The number of thiol groups is 1. The van der Waals surface area contributed by atoms with Crippen molar-refractivity contribution in [3.05, 3.63) is 0 Å². The molecule has 0 spiro atoms. The molecule has 0 aromatic heterocycles. The molecule has 0 aliphatic rings. The average molecular weight is 203 g/mol. The van der Waals surface area contributed by atoms with Gasteiger partial charge in [-0.05, 0) is 0 Å². The molecule has 2 N–H and O–H groups in total. The number of rotatable bonds is 0. The zero-order valence-corrected chi connectivity index (χ0v) is 8.32. The summed E-state index contributed by atoms with van der Waals surface area (Å²) in [6.45, 7) is 0. The quantitative estimate of drug-likeness (QED) is 0.296. The first kappa shape index (κ1) is 13.0. The highest BCUT2D eigenvalue weighted by atomic mass is 32.1. The lowest BCUT2D eigenvalue weighted by atomic mass is 11.0. The SMILES string of the molecule is CN(C)C(=S)S.O=[PH](O)O. The Morgan fingerprint density at radius 2 is 1.70 bits per heavy atom. The molecule has 4 nitrogen and oxygen atoms in total. The number of nitrogens with zero attached hydrogens (tertiary/aromatic N) is 1.